The second kappa shape index (κ2) is 12.0. The first-order chi connectivity index (χ1) is 8.56. The first-order valence-electron chi connectivity index (χ1n) is 8.24. The molecule has 0 saturated carbocycles. The van der Waals surface area contributed by atoms with Crippen molar-refractivity contribution < 1.29 is 5.11 Å². The fraction of sp³-hybridized carbons (Fsp3) is 1.00. The van der Waals surface area contributed by atoms with Crippen LogP contribution in [-0.2, 0) is 0 Å². The van der Waals surface area contributed by atoms with Crippen LogP contribution in [-0.4, -0.2) is 11.2 Å². The molecule has 0 aromatic carbocycles. The van der Waals surface area contributed by atoms with Gasteiger partial charge in [-0.05, 0) is 24.7 Å². The molecule has 0 amide bonds. The molecule has 0 aliphatic rings. The molecule has 1 N–H and O–H groups in total. The molecular formula is C17H36O. The third-order valence-electron chi connectivity index (χ3n) is 3.92. The van der Waals surface area contributed by atoms with Crippen molar-refractivity contribution in [2.75, 3.05) is 0 Å². The topological polar surface area (TPSA) is 20.2 Å². The first-order valence-corrected chi connectivity index (χ1v) is 8.24. The fourth-order valence-corrected chi connectivity index (χ4v) is 2.45. The second-order valence-corrected chi connectivity index (χ2v) is 6.50. The number of hydrogen-bond donors (Lipinski definition) is 1. The molecule has 0 rings (SSSR count). The summed E-state index contributed by atoms with van der Waals surface area (Å²) in [5.74, 6) is 1.54. The van der Waals surface area contributed by atoms with Crippen molar-refractivity contribution in [2.24, 2.45) is 11.8 Å². The van der Waals surface area contributed by atoms with Crippen LogP contribution < -0.4 is 0 Å². The molecule has 0 spiro atoms. The van der Waals surface area contributed by atoms with Crippen molar-refractivity contribution in [3.8, 4) is 0 Å². The molecule has 0 aromatic rings. The summed E-state index contributed by atoms with van der Waals surface area (Å²) < 4.78 is 0. The monoisotopic (exact) mass is 256 g/mol. The van der Waals surface area contributed by atoms with Gasteiger partial charge in [0.05, 0.1) is 6.10 Å². The maximum Gasteiger partial charge on any atom is 0.0542 e. The predicted octanol–water partition coefficient (Wildman–Crippen LogP) is 5.56. The van der Waals surface area contributed by atoms with Crippen LogP contribution in [0.3, 0.4) is 0 Å². The highest BCUT2D eigenvalue weighted by molar-refractivity contribution is 4.59. The maximum absolute atomic E-state index is 9.75. The lowest BCUT2D eigenvalue weighted by atomic mass is 9.98. The number of hydrogen-bond acceptors (Lipinski definition) is 1. The average Bonchev–Trinajstić information content (AvgIpc) is 2.31. The molecule has 18 heavy (non-hydrogen) atoms. The van der Waals surface area contributed by atoms with E-state index in [1.807, 2.05) is 0 Å². The van der Waals surface area contributed by atoms with Gasteiger partial charge in [0.1, 0.15) is 0 Å². The van der Waals surface area contributed by atoms with Gasteiger partial charge in [-0.25, -0.2) is 0 Å². The van der Waals surface area contributed by atoms with Gasteiger partial charge in [-0.3, -0.25) is 0 Å². The van der Waals surface area contributed by atoms with Gasteiger partial charge in [0.2, 0.25) is 0 Å². The fourth-order valence-electron chi connectivity index (χ4n) is 2.45. The molecule has 0 radical (unpaired) electrons. The van der Waals surface area contributed by atoms with E-state index in [2.05, 4.69) is 27.7 Å². The van der Waals surface area contributed by atoms with Gasteiger partial charge >= 0.3 is 0 Å². The molecule has 0 heterocycles. The van der Waals surface area contributed by atoms with Crippen LogP contribution in [0.5, 0.6) is 0 Å². The highest BCUT2D eigenvalue weighted by Gasteiger charge is 2.06. The molecule has 2 unspecified atom stereocenters. The van der Waals surface area contributed by atoms with Gasteiger partial charge in [0.15, 0.2) is 0 Å². The summed E-state index contributed by atoms with van der Waals surface area (Å²) in [5, 5.41) is 9.75. The summed E-state index contributed by atoms with van der Waals surface area (Å²) in [6.45, 7) is 9.00. The van der Waals surface area contributed by atoms with Crippen molar-refractivity contribution in [3.63, 3.8) is 0 Å². The summed E-state index contributed by atoms with van der Waals surface area (Å²) in [7, 11) is 0. The molecule has 0 saturated heterocycles. The quantitative estimate of drug-likeness (QED) is 0.453. The predicted molar refractivity (Wildman–Crippen MR) is 81.9 cm³/mol. The third kappa shape index (κ3) is 12.4. The van der Waals surface area contributed by atoms with E-state index in [4.69, 9.17) is 0 Å². The zero-order valence-electron chi connectivity index (χ0n) is 13.3. The van der Waals surface area contributed by atoms with Gasteiger partial charge in [0, 0.05) is 0 Å². The lowest BCUT2D eigenvalue weighted by Gasteiger charge is -2.12. The number of aliphatic hydroxyl groups excluding tert-OH is 1. The molecular weight excluding hydrogens is 220 g/mol. The zero-order chi connectivity index (χ0) is 13.8. The molecule has 0 fully saturated rings. The van der Waals surface area contributed by atoms with Gasteiger partial charge < -0.3 is 5.11 Å². The zero-order valence-corrected chi connectivity index (χ0v) is 13.3. The van der Waals surface area contributed by atoms with Crippen LogP contribution in [0.4, 0.5) is 0 Å². The van der Waals surface area contributed by atoms with E-state index in [0.717, 1.165) is 18.8 Å². The summed E-state index contributed by atoms with van der Waals surface area (Å²) in [6.07, 6.45) is 12.7. The van der Waals surface area contributed by atoms with Crippen LogP contribution >= 0.6 is 0 Å². The summed E-state index contributed by atoms with van der Waals surface area (Å²) in [5.41, 5.74) is 0. The van der Waals surface area contributed by atoms with E-state index in [0.29, 0.717) is 5.92 Å². The Morgan fingerprint density at radius 1 is 0.778 bits per heavy atom. The average molecular weight is 256 g/mol. The summed E-state index contributed by atoms with van der Waals surface area (Å²) >= 11 is 0. The number of aliphatic hydroxyl groups is 1. The van der Waals surface area contributed by atoms with E-state index in [9.17, 15) is 5.11 Å². The Morgan fingerprint density at radius 3 is 1.78 bits per heavy atom. The largest absolute Gasteiger partial charge is 0.393 e. The van der Waals surface area contributed by atoms with Crippen LogP contribution in [0.25, 0.3) is 0 Å². The third-order valence-corrected chi connectivity index (χ3v) is 3.92. The molecule has 0 aliphatic carbocycles. The Morgan fingerprint density at radius 2 is 1.28 bits per heavy atom. The van der Waals surface area contributed by atoms with E-state index in [1.54, 1.807) is 0 Å². The van der Waals surface area contributed by atoms with E-state index < -0.39 is 0 Å². The molecule has 110 valence electrons. The van der Waals surface area contributed by atoms with Crippen LogP contribution in [0.1, 0.15) is 91.9 Å². The van der Waals surface area contributed by atoms with Crippen molar-refractivity contribution in [1.82, 2.24) is 0 Å². The Balaban J connectivity index is 3.16. The summed E-state index contributed by atoms with van der Waals surface area (Å²) in [4.78, 5) is 0. The maximum atomic E-state index is 9.75. The molecule has 0 aliphatic heterocycles. The van der Waals surface area contributed by atoms with Crippen molar-refractivity contribution in [1.29, 1.82) is 0 Å². The molecule has 2 atom stereocenters. The van der Waals surface area contributed by atoms with Crippen LogP contribution in [0, 0.1) is 11.8 Å². The minimum Gasteiger partial charge on any atom is -0.393 e. The number of rotatable bonds is 12. The standard InChI is InChI=1S/C17H36O/c1-5-16(4)12-10-8-6-7-9-11-13-17(18)14-15(2)3/h15-18H,5-14H2,1-4H3. The van der Waals surface area contributed by atoms with Crippen molar-refractivity contribution in [2.45, 2.75) is 98.0 Å². The van der Waals surface area contributed by atoms with Crippen LogP contribution in [0.15, 0.2) is 0 Å². The highest BCUT2D eigenvalue weighted by atomic mass is 16.3. The molecule has 0 bridgehead atoms. The Kier molecular flexibility index (Phi) is 12.0. The highest BCUT2D eigenvalue weighted by Crippen LogP contribution is 2.16. The molecule has 0 aromatic heterocycles. The normalized spacial score (nSPS) is 15.0. The van der Waals surface area contributed by atoms with Gasteiger partial charge in [0.25, 0.3) is 0 Å². The lowest BCUT2D eigenvalue weighted by molar-refractivity contribution is 0.136. The lowest BCUT2D eigenvalue weighted by Crippen LogP contribution is -2.09. The first kappa shape index (κ1) is 18.0. The van der Waals surface area contributed by atoms with Crippen molar-refractivity contribution >= 4 is 0 Å². The smallest absolute Gasteiger partial charge is 0.0542 e. The minimum atomic E-state index is -0.0598. The van der Waals surface area contributed by atoms with Gasteiger partial charge in [-0.15, -0.1) is 0 Å². The number of unbranched alkanes of at least 4 members (excludes halogenated alkanes) is 5. The molecule has 1 heteroatoms. The SMILES string of the molecule is CCC(C)CCCCCCCCC(O)CC(C)C. The Labute approximate surface area is 115 Å². The Hall–Kier alpha value is -0.0400. The van der Waals surface area contributed by atoms with Gasteiger partial charge in [-0.2, -0.15) is 0 Å². The molecule has 1 nitrogen and oxygen atoms in total. The van der Waals surface area contributed by atoms with E-state index >= 15 is 0 Å². The van der Waals surface area contributed by atoms with Crippen molar-refractivity contribution in [3.05, 3.63) is 0 Å². The second-order valence-electron chi connectivity index (χ2n) is 6.50. The minimum absolute atomic E-state index is 0.0598. The van der Waals surface area contributed by atoms with Crippen LogP contribution in [0.2, 0.25) is 0 Å². The van der Waals surface area contributed by atoms with E-state index in [-0.39, 0.29) is 6.10 Å². The Bertz CT molecular complexity index is 165. The van der Waals surface area contributed by atoms with E-state index in [1.165, 1.54) is 51.4 Å². The van der Waals surface area contributed by atoms with Gasteiger partial charge in [-0.1, -0.05) is 79.1 Å². The summed E-state index contributed by atoms with van der Waals surface area (Å²) in [6, 6.07) is 0.